The SMILES string of the molecule is NC(=O)Cn1cc(NC(=O)c2coc3ccccc23)cn1. The molecule has 21 heavy (non-hydrogen) atoms. The van der Waals surface area contributed by atoms with Gasteiger partial charge in [-0.25, -0.2) is 0 Å². The molecule has 7 nitrogen and oxygen atoms in total. The number of aromatic nitrogens is 2. The van der Waals surface area contributed by atoms with Crippen molar-refractivity contribution in [1.29, 1.82) is 0 Å². The first kappa shape index (κ1) is 12.9. The summed E-state index contributed by atoms with van der Waals surface area (Å²) in [6, 6.07) is 7.27. The molecular weight excluding hydrogens is 272 g/mol. The lowest BCUT2D eigenvalue weighted by atomic mass is 10.1. The number of rotatable bonds is 4. The lowest BCUT2D eigenvalue weighted by molar-refractivity contribution is -0.118. The van der Waals surface area contributed by atoms with Crippen molar-refractivity contribution in [1.82, 2.24) is 9.78 Å². The average Bonchev–Trinajstić information content (AvgIpc) is 3.04. The Balaban J connectivity index is 1.80. The number of benzene rings is 1. The summed E-state index contributed by atoms with van der Waals surface area (Å²) in [5.41, 5.74) is 6.64. The Morgan fingerprint density at radius 3 is 2.95 bits per heavy atom. The predicted octanol–water partition coefficient (Wildman–Crippen LogP) is 1.37. The Morgan fingerprint density at radius 2 is 2.14 bits per heavy atom. The molecule has 0 bridgehead atoms. The van der Waals surface area contributed by atoms with E-state index in [4.69, 9.17) is 10.2 Å². The molecule has 7 heteroatoms. The number of nitrogens with zero attached hydrogens (tertiary/aromatic N) is 2. The van der Waals surface area contributed by atoms with Crippen LogP contribution in [0.15, 0.2) is 47.3 Å². The van der Waals surface area contributed by atoms with E-state index in [9.17, 15) is 9.59 Å². The van der Waals surface area contributed by atoms with Crippen LogP contribution in [0.5, 0.6) is 0 Å². The molecular formula is C14H12N4O3. The molecule has 0 saturated carbocycles. The van der Waals surface area contributed by atoms with Crippen LogP contribution in [0.3, 0.4) is 0 Å². The zero-order chi connectivity index (χ0) is 14.8. The molecule has 2 amide bonds. The molecule has 0 aliphatic heterocycles. The molecule has 106 valence electrons. The van der Waals surface area contributed by atoms with Crippen molar-refractivity contribution >= 4 is 28.5 Å². The second-order valence-corrected chi connectivity index (χ2v) is 4.49. The van der Waals surface area contributed by atoms with Gasteiger partial charge in [0.25, 0.3) is 5.91 Å². The number of anilines is 1. The summed E-state index contributed by atoms with van der Waals surface area (Å²) in [4.78, 5) is 23.0. The van der Waals surface area contributed by atoms with E-state index in [1.165, 1.54) is 23.3 Å². The van der Waals surface area contributed by atoms with E-state index >= 15 is 0 Å². The van der Waals surface area contributed by atoms with Gasteiger partial charge in [-0.3, -0.25) is 14.3 Å². The minimum atomic E-state index is -0.503. The van der Waals surface area contributed by atoms with Crippen LogP contribution in [0, 0.1) is 0 Å². The fraction of sp³-hybridized carbons (Fsp3) is 0.0714. The Bertz CT molecular complexity index is 818. The zero-order valence-electron chi connectivity index (χ0n) is 10.9. The highest BCUT2D eigenvalue weighted by atomic mass is 16.3. The number of primary amides is 1. The number of nitrogens with two attached hydrogens (primary N) is 1. The van der Waals surface area contributed by atoms with Gasteiger partial charge in [-0.1, -0.05) is 18.2 Å². The summed E-state index contributed by atoms with van der Waals surface area (Å²) in [5, 5.41) is 7.36. The minimum Gasteiger partial charge on any atom is -0.463 e. The molecule has 2 aromatic heterocycles. The third-order valence-electron chi connectivity index (χ3n) is 2.93. The first-order valence-electron chi connectivity index (χ1n) is 6.22. The number of carbonyl (C=O) groups excluding carboxylic acids is 2. The first-order valence-corrected chi connectivity index (χ1v) is 6.22. The zero-order valence-corrected chi connectivity index (χ0v) is 10.9. The fourth-order valence-corrected chi connectivity index (χ4v) is 2.03. The Labute approximate surface area is 119 Å². The second kappa shape index (κ2) is 5.12. The van der Waals surface area contributed by atoms with Gasteiger partial charge in [0.2, 0.25) is 5.91 Å². The van der Waals surface area contributed by atoms with Gasteiger partial charge >= 0.3 is 0 Å². The van der Waals surface area contributed by atoms with Crippen LogP contribution >= 0.6 is 0 Å². The van der Waals surface area contributed by atoms with E-state index in [1.807, 2.05) is 18.2 Å². The van der Waals surface area contributed by atoms with Crippen LogP contribution < -0.4 is 11.1 Å². The number of carbonyl (C=O) groups is 2. The number of amides is 2. The van der Waals surface area contributed by atoms with E-state index in [-0.39, 0.29) is 12.5 Å². The van der Waals surface area contributed by atoms with Gasteiger partial charge in [0, 0.05) is 11.6 Å². The lowest BCUT2D eigenvalue weighted by Crippen LogP contribution is -2.18. The molecule has 3 N–H and O–H groups in total. The number of hydrogen-bond donors (Lipinski definition) is 2. The van der Waals surface area contributed by atoms with Gasteiger partial charge in [0.05, 0.1) is 17.4 Å². The fourth-order valence-electron chi connectivity index (χ4n) is 2.03. The van der Waals surface area contributed by atoms with Gasteiger partial charge in [0.15, 0.2) is 0 Å². The highest BCUT2D eigenvalue weighted by Crippen LogP contribution is 2.21. The number of fused-ring (bicyclic) bond motifs is 1. The van der Waals surface area contributed by atoms with Crippen LogP contribution in [-0.4, -0.2) is 21.6 Å². The van der Waals surface area contributed by atoms with Crippen molar-refractivity contribution in [3.8, 4) is 0 Å². The summed E-state index contributed by atoms with van der Waals surface area (Å²) in [6.45, 7) is -0.0372. The summed E-state index contributed by atoms with van der Waals surface area (Å²) < 4.78 is 6.68. The van der Waals surface area contributed by atoms with Crippen molar-refractivity contribution in [2.24, 2.45) is 5.73 Å². The lowest BCUT2D eigenvalue weighted by Gasteiger charge is -2.00. The molecule has 0 unspecified atom stereocenters. The molecule has 0 spiro atoms. The predicted molar refractivity (Wildman–Crippen MR) is 75.6 cm³/mol. The third-order valence-corrected chi connectivity index (χ3v) is 2.93. The Morgan fingerprint density at radius 1 is 1.33 bits per heavy atom. The molecule has 3 aromatic rings. The number of para-hydroxylation sites is 1. The summed E-state index contributed by atoms with van der Waals surface area (Å²) >= 11 is 0. The maximum Gasteiger partial charge on any atom is 0.259 e. The van der Waals surface area contributed by atoms with Crippen molar-refractivity contribution in [2.75, 3.05) is 5.32 Å². The molecule has 0 aliphatic carbocycles. The van der Waals surface area contributed by atoms with Gasteiger partial charge in [-0.15, -0.1) is 0 Å². The number of furan rings is 1. The summed E-state index contributed by atoms with van der Waals surface area (Å²) in [5.74, 6) is -0.810. The molecule has 0 aliphatic rings. The molecule has 3 rings (SSSR count). The molecule has 2 heterocycles. The molecule has 0 radical (unpaired) electrons. The Kier molecular flexibility index (Phi) is 3.15. The van der Waals surface area contributed by atoms with Gasteiger partial charge in [-0.2, -0.15) is 5.10 Å². The van der Waals surface area contributed by atoms with Gasteiger partial charge in [0.1, 0.15) is 18.4 Å². The van der Waals surface area contributed by atoms with Crippen LogP contribution in [0.25, 0.3) is 11.0 Å². The number of nitrogens with one attached hydrogen (secondary N) is 1. The molecule has 0 fully saturated rings. The van der Waals surface area contributed by atoms with Gasteiger partial charge < -0.3 is 15.5 Å². The largest absolute Gasteiger partial charge is 0.463 e. The maximum atomic E-state index is 12.2. The van der Waals surface area contributed by atoms with E-state index in [1.54, 1.807) is 6.07 Å². The standard InChI is InChI=1S/C14H12N4O3/c15-13(19)7-18-6-9(5-16-18)17-14(20)11-8-21-12-4-2-1-3-10(11)12/h1-6,8H,7H2,(H2,15,19)(H,17,20). The average molecular weight is 284 g/mol. The minimum absolute atomic E-state index is 0.0372. The van der Waals surface area contributed by atoms with Gasteiger partial charge in [-0.05, 0) is 6.07 Å². The Hall–Kier alpha value is -3.09. The van der Waals surface area contributed by atoms with E-state index < -0.39 is 5.91 Å². The van der Waals surface area contributed by atoms with Crippen molar-refractivity contribution in [3.05, 3.63) is 48.5 Å². The van der Waals surface area contributed by atoms with Crippen LogP contribution in [-0.2, 0) is 11.3 Å². The van der Waals surface area contributed by atoms with Crippen molar-refractivity contribution in [3.63, 3.8) is 0 Å². The normalized spacial score (nSPS) is 10.7. The van der Waals surface area contributed by atoms with Crippen LogP contribution in [0.1, 0.15) is 10.4 Å². The van der Waals surface area contributed by atoms with Crippen molar-refractivity contribution < 1.29 is 14.0 Å². The first-order chi connectivity index (χ1) is 10.1. The highest BCUT2D eigenvalue weighted by Gasteiger charge is 2.14. The maximum absolute atomic E-state index is 12.2. The van der Waals surface area contributed by atoms with E-state index in [0.29, 0.717) is 16.8 Å². The van der Waals surface area contributed by atoms with E-state index in [0.717, 1.165) is 5.39 Å². The van der Waals surface area contributed by atoms with Crippen LogP contribution in [0.4, 0.5) is 5.69 Å². The van der Waals surface area contributed by atoms with Crippen molar-refractivity contribution in [2.45, 2.75) is 6.54 Å². The number of hydrogen-bond acceptors (Lipinski definition) is 4. The molecule has 1 aromatic carbocycles. The smallest absolute Gasteiger partial charge is 0.259 e. The highest BCUT2D eigenvalue weighted by molar-refractivity contribution is 6.12. The summed E-state index contributed by atoms with van der Waals surface area (Å²) in [7, 11) is 0. The molecule has 0 atom stereocenters. The molecule has 0 saturated heterocycles. The monoisotopic (exact) mass is 284 g/mol. The van der Waals surface area contributed by atoms with E-state index in [2.05, 4.69) is 10.4 Å². The second-order valence-electron chi connectivity index (χ2n) is 4.49. The summed E-state index contributed by atoms with van der Waals surface area (Å²) in [6.07, 6.45) is 4.39. The third kappa shape index (κ3) is 2.62. The van der Waals surface area contributed by atoms with Crippen LogP contribution in [0.2, 0.25) is 0 Å². The quantitative estimate of drug-likeness (QED) is 0.755. The topological polar surface area (TPSA) is 103 Å².